The number of hydrogen-bond donors (Lipinski definition) is 1. The lowest BCUT2D eigenvalue weighted by molar-refractivity contribution is -0.149. The fourth-order valence-corrected chi connectivity index (χ4v) is 5.33. The maximum atomic E-state index is 14.1. The molecule has 3 aromatic carbocycles. The van der Waals surface area contributed by atoms with Gasteiger partial charge < -0.3 is 29.3 Å². The molecule has 47 heavy (non-hydrogen) atoms. The van der Waals surface area contributed by atoms with Crippen LogP contribution >= 0.6 is 0 Å². The Bertz CT molecular complexity index is 1490. The number of benzene rings is 3. The fourth-order valence-electron chi connectivity index (χ4n) is 5.33. The number of alkyl carbamates (subject to hydrolysis) is 1. The third kappa shape index (κ3) is 10.8. The monoisotopic (exact) mass is 643 g/mol. The molecule has 1 atom stereocenters. The van der Waals surface area contributed by atoms with Gasteiger partial charge in [-0.3, -0.25) is 14.4 Å². The van der Waals surface area contributed by atoms with E-state index in [1.54, 1.807) is 4.90 Å². The second-order valence-corrected chi connectivity index (χ2v) is 11.9. The molecular weight excluding hydrogens is 598 g/mol. The van der Waals surface area contributed by atoms with E-state index >= 15 is 0 Å². The summed E-state index contributed by atoms with van der Waals surface area (Å²) in [4.78, 5) is 57.4. The molecule has 4 rings (SSSR count). The summed E-state index contributed by atoms with van der Waals surface area (Å²) in [6.07, 6.45) is -0.602. The second-order valence-electron chi connectivity index (χ2n) is 11.9. The first-order valence-corrected chi connectivity index (χ1v) is 15.9. The Hall–Kier alpha value is -4.54. The molecule has 0 saturated heterocycles. The lowest BCUT2D eigenvalue weighted by Gasteiger charge is -2.30. The minimum absolute atomic E-state index is 0.0160. The number of hydrogen-bond acceptors (Lipinski definition) is 7. The lowest BCUT2D eigenvalue weighted by atomic mass is 10.0. The van der Waals surface area contributed by atoms with Gasteiger partial charge in [-0.05, 0) is 54.5 Å². The number of carbonyl (C=O) groups is 4. The highest BCUT2D eigenvalue weighted by atomic mass is 16.7. The number of ketones is 1. The highest BCUT2D eigenvalue weighted by molar-refractivity contribution is 6.01. The maximum Gasteiger partial charge on any atom is 0.408 e. The van der Waals surface area contributed by atoms with Gasteiger partial charge in [-0.1, -0.05) is 78.9 Å². The van der Waals surface area contributed by atoms with Crippen LogP contribution in [0.25, 0.3) is 0 Å². The zero-order chi connectivity index (χ0) is 33.8. The van der Waals surface area contributed by atoms with Crippen LogP contribution in [-0.2, 0) is 48.3 Å². The summed E-state index contributed by atoms with van der Waals surface area (Å²) in [6, 6.07) is 23.3. The number of carbonyl (C=O) groups excluding carboxylic acids is 4. The molecule has 0 spiro atoms. The van der Waals surface area contributed by atoms with E-state index in [-0.39, 0.29) is 44.5 Å². The average Bonchev–Trinajstić information content (AvgIpc) is 3.92. The van der Waals surface area contributed by atoms with Gasteiger partial charge in [-0.2, -0.15) is 0 Å². The molecule has 1 fully saturated rings. The summed E-state index contributed by atoms with van der Waals surface area (Å²) < 4.78 is 16.1. The Morgan fingerprint density at radius 2 is 1.47 bits per heavy atom. The van der Waals surface area contributed by atoms with Crippen LogP contribution < -0.4 is 5.32 Å². The molecule has 0 radical (unpaired) electrons. The van der Waals surface area contributed by atoms with Crippen molar-refractivity contribution in [2.24, 2.45) is 0 Å². The summed E-state index contributed by atoms with van der Waals surface area (Å²) >= 11 is 0. The first kappa shape index (κ1) is 35.3. The SMILES string of the molecule is COC(CN(Cc1ccccc1)C(=O)[C@@H](CC(=O)CC(=O)N(Cc1cccc(C)c1C)C1CC1)NC(=O)OCc1ccccc1)OC. The van der Waals surface area contributed by atoms with Gasteiger partial charge in [0.2, 0.25) is 11.8 Å². The van der Waals surface area contributed by atoms with Gasteiger partial charge in [-0.15, -0.1) is 0 Å². The van der Waals surface area contributed by atoms with Crippen LogP contribution in [0.3, 0.4) is 0 Å². The number of nitrogens with one attached hydrogen (secondary N) is 1. The van der Waals surface area contributed by atoms with Crippen molar-refractivity contribution < 1.29 is 33.4 Å². The number of amides is 3. The Labute approximate surface area is 277 Å². The van der Waals surface area contributed by atoms with Crippen LogP contribution in [0, 0.1) is 13.8 Å². The fraction of sp³-hybridized carbons (Fsp3) is 0.405. The largest absolute Gasteiger partial charge is 0.445 e. The van der Waals surface area contributed by atoms with Crippen molar-refractivity contribution in [3.8, 4) is 0 Å². The van der Waals surface area contributed by atoms with E-state index in [9.17, 15) is 19.2 Å². The maximum absolute atomic E-state index is 14.1. The molecule has 0 heterocycles. The van der Waals surface area contributed by atoms with E-state index in [4.69, 9.17) is 14.2 Å². The van der Waals surface area contributed by atoms with Crippen molar-refractivity contribution in [3.63, 3.8) is 0 Å². The van der Waals surface area contributed by atoms with Crippen molar-refractivity contribution in [2.75, 3.05) is 20.8 Å². The summed E-state index contributed by atoms with van der Waals surface area (Å²) in [7, 11) is 2.93. The van der Waals surface area contributed by atoms with Gasteiger partial charge >= 0.3 is 6.09 Å². The average molecular weight is 644 g/mol. The smallest absolute Gasteiger partial charge is 0.408 e. The van der Waals surface area contributed by atoms with Gasteiger partial charge in [0.25, 0.3) is 0 Å². The molecule has 0 unspecified atom stereocenters. The van der Waals surface area contributed by atoms with Gasteiger partial charge in [0.15, 0.2) is 6.29 Å². The molecule has 0 aromatic heterocycles. The molecule has 1 aliphatic rings. The second kappa shape index (κ2) is 17.4. The van der Waals surface area contributed by atoms with Crippen molar-refractivity contribution in [3.05, 3.63) is 107 Å². The molecule has 1 aliphatic carbocycles. The number of ether oxygens (including phenoxy) is 3. The number of aryl methyl sites for hydroxylation is 1. The molecule has 1 saturated carbocycles. The summed E-state index contributed by atoms with van der Waals surface area (Å²) in [5, 5.41) is 2.60. The van der Waals surface area contributed by atoms with Crippen LogP contribution in [0.2, 0.25) is 0 Å². The first-order valence-electron chi connectivity index (χ1n) is 15.9. The van der Waals surface area contributed by atoms with E-state index in [1.165, 1.54) is 19.1 Å². The van der Waals surface area contributed by atoms with E-state index in [0.717, 1.165) is 40.7 Å². The number of rotatable bonds is 17. The molecule has 3 amide bonds. The van der Waals surface area contributed by atoms with E-state index in [2.05, 4.69) is 5.32 Å². The highest BCUT2D eigenvalue weighted by Gasteiger charge is 2.35. The third-order valence-corrected chi connectivity index (χ3v) is 8.37. The van der Waals surface area contributed by atoms with Crippen LogP contribution in [0.4, 0.5) is 4.79 Å². The van der Waals surface area contributed by atoms with Crippen LogP contribution in [-0.4, -0.2) is 72.6 Å². The van der Waals surface area contributed by atoms with E-state index < -0.39 is 30.1 Å². The molecule has 0 aliphatic heterocycles. The minimum Gasteiger partial charge on any atom is -0.445 e. The van der Waals surface area contributed by atoms with Crippen molar-refractivity contribution in [1.29, 1.82) is 0 Å². The number of Topliss-reactive ketones (excluding diaryl/α,β-unsaturated/α-hetero) is 1. The van der Waals surface area contributed by atoms with Crippen LogP contribution in [0.5, 0.6) is 0 Å². The normalized spacial score (nSPS) is 13.1. The molecular formula is C37H45N3O7. The highest BCUT2D eigenvalue weighted by Crippen LogP contribution is 2.30. The Balaban J connectivity index is 1.51. The first-order chi connectivity index (χ1) is 22.7. The minimum atomic E-state index is -1.29. The summed E-state index contributed by atoms with van der Waals surface area (Å²) in [5.74, 6) is -1.28. The topological polar surface area (TPSA) is 114 Å². The number of nitrogens with zero attached hydrogens (tertiary/aromatic N) is 2. The van der Waals surface area contributed by atoms with Gasteiger partial charge in [0.05, 0.1) is 13.0 Å². The third-order valence-electron chi connectivity index (χ3n) is 8.37. The van der Waals surface area contributed by atoms with Crippen LogP contribution in [0.15, 0.2) is 78.9 Å². The predicted molar refractivity (Wildman–Crippen MR) is 177 cm³/mol. The van der Waals surface area contributed by atoms with Crippen molar-refractivity contribution in [1.82, 2.24) is 15.1 Å². The Morgan fingerprint density at radius 3 is 2.09 bits per heavy atom. The standard InChI is InChI=1S/C37H45N3O7/c1-26-12-11-17-30(27(26)2)23-40(31-18-19-31)34(42)21-32(41)20-33(38-37(44)47-25-29-15-9-6-10-16-29)36(43)39(24-35(45-3)46-4)22-28-13-7-5-8-14-28/h5-17,31,33,35H,18-25H2,1-4H3,(H,38,44)/t33-/m1/s1. The van der Waals surface area contributed by atoms with E-state index in [1.807, 2.05) is 92.7 Å². The molecule has 0 bridgehead atoms. The predicted octanol–water partition coefficient (Wildman–Crippen LogP) is 5.09. The zero-order valence-electron chi connectivity index (χ0n) is 27.6. The van der Waals surface area contributed by atoms with Gasteiger partial charge in [-0.25, -0.2) is 4.79 Å². The quantitative estimate of drug-likeness (QED) is 0.161. The summed E-state index contributed by atoms with van der Waals surface area (Å²) in [6.45, 7) is 4.68. The van der Waals surface area contributed by atoms with Crippen molar-refractivity contribution in [2.45, 2.75) is 77.6 Å². The van der Waals surface area contributed by atoms with E-state index in [0.29, 0.717) is 6.54 Å². The van der Waals surface area contributed by atoms with Crippen molar-refractivity contribution >= 4 is 23.7 Å². The molecule has 3 aromatic rings. The number of methoxy groups -OCH3 is 2. The molecule has 10 nitrogen and oxygen atoms in total. The Kier molecular flexibility index (Phi) is 13.1. The molecule has 250 valence electrons. The van der Waals surface area contributed by atoms with Gasteiger partial charge in [0.1, 0.15) is 18.4 Å². The zero-order valence-corrected chi connectivity index (χ0v) is 27.6. The van der Waals surface area contributed by atoms with Crippen LogP contribution in [0.1, 0.15) is 53.5 Å². The molecule has 10 heteroatoms. The Morgan fingerprint density at radius 1 is 0.830 bits per heavy atom. The van der Waals surface area contributed by atoms with Gasteiger partial charge in [0, 0.05) is 39.8 Å². The summed E-state index contributed by atoms with van der Waals surface area (Å²) in [5.41, 5.74) is 4.90. The lowest BCUT2D eigenvalue weighted by Crippen LogP contribution is -2.51. The molecule has 1 N–H and O–H groups in total.